The first kappa shape index (κ1) is 21.0. The third-order valence-corrected chi connectivity index (χ3v) is 5.37. The fraction of sp³-hybridized carbons (Fsp3) is 0.143. The number of aromatic nitrogens is 5. The van der Waals surface area contributed by atoms with Gasteiger partial charge in [0.1, 0.15) is 28.0 Å². The number of pyridine rings is 1. The van der Waals surface area contributed by atoms with Crippen molar-refractivity contribution >= 4 is 47.9 Å². The molecule has 0 bridgehead atoms. The zero-order valence-electron chi connectivity index (χ0n) is 16.6. The monoisotopic (exact) mass is 449 g/mol. The lowest BCUT2D eigenvalue weighted by molar-refractivity contribution is 0.100. The molecule has 4 aromatic rings. The molecule has 1 aromatic carbocycles. The number of thiol groups is 2. The first-order chi connectivity index (χ1) is 14.9. The van der Waals surface area contributed by atoms with Gasteiger partial charge in [0.2, 0.25) is 5.91 Å². The fourth-order valence-electron chi connectivity index (χ4n) is 3.34. The summed E-state index contributed by atoms with van der Waals surface area (Å²) in [5.74, 6) is 0.773. The van der Waals surface area contributed by atoms with E-state index in [9.17, 15) is 4.79 Å². The van der Waals surface area contributed by atoms with Gasteiger partial charge in [0.15, 0.2) is 0 Å². The van der Waals surface area contributed by atoms with Crippen molar-refractivity contribution < 1.29 is 4.79 Å². The molecule has 0 aliphatic rings. The molecule has 0 saturated carbocycles. The van der Waals surface area contributed by atoms with Gasteiger partial charge in [0.05, 0.1) is 22.3 Å². The van der Waals surface area contributed by atoms with E-state index in [1.807, 2.05) is 18.2 Å². The van der Waals surface area contributed by atoms with Crippen LogP contribution in [0, 0.1) is 6.92 Å². The molecule has 0 aliphatic carbocycles. The van der Waals surface area contributed by atoms with Gasteiger partial charge >= 0.3 is 0 Å². The highest BCUT2D eigenvalue weighted by atomic mass is 32.1. The maximum atomic E-state index is 11.7. The van der Waals surface area contributed by atoms with Crippen molar-refractivity contribution in [1.82, 2.24) is 24.9 Å². The number of anilines is 1. The highest BCUT2D eigenvalue weighted by Gasteiger charge is 2.13. The number of para-hydroxylation sites is 1. The van der Waals surface area contributed by atoms with E-state index >= 15 is 0 Å². The Morgan fingerprint density at radius 2 is 1.87 bits per heavy atom. The minimum absolute atomic E-state index is 0.464. The van der Waals surface area contributed by atoms with Crippen molar-refractivity contribution in [3.63, 3.8) is 0 Å². The molecule has 3 aromatic heterocycles. The maximum Gasteiger partial charge on any atom is 0.249 e. The lowest BCUT2D eigenvalue weighted by atomic mass is 10.0. The second-order valence-corrected chi connectivity index (χ2v) is 7.64. The minimum Gasteiger partial charge on any atom is -0.370 e. The lowest BCUT2D eigenvalue weighted by Crippen LogP contribution is -2.12. The number of carbonyl (C=O) groups is 1. The zero-order valence-corrected chi connectivity index (χ0v) is 18.4. The highest BCUT2D eigenvalue weighted by molar-refractivity contribution is 7.81. The molecule has 0 aliphatic heterocycles. The van der Waals surface area contributed by atoms with Crippen LogP contribution in [0.5, 0.6) is 0 Å². The lowest BCUT2D eigenvalue weighted by Gasteiger charge is -2.11. The zero-order chi connectivity index (χ0) is 22.0. The van der Waals surface area contributed by atoms with Crippen LogP contribution in [0.1, 0.15) is 21.7 Å². The van der Waals surface area contributed by atoms with Crippen LogP contribution >= 0.6 is 25.3 Å². The summed E-state index contributed by atoms with van der Waals surface area (Å²) in [7, 11) is 0. The Balaban J connectivity index is 1.54. The fourth-order valence-corrected chi connectivity index (χ4v) is 4.16. The number of nitrogens with two attached hydrogens (primary N) is 1. The van der Waals surface area contributed by atoms with Gasteiger partial charge in [0.25, 0.3) is 0 Å². The molecule has 3 heterocycles. The van der Waals surface area contributed by atoms with Gasteiger partial charge in [-0.25, -0.2) is 19.9 Å². The predicted octanol–water partition coefficient (Wildman–Crippen LogP) is 3.12. The first-order valence-corrected chi connectivity index (χ1v) is 10.3. The molecule has 4 rings (SSSR count). The Morgan fingerprint density at radius 3 is 2.61 bits per heavy atom. The van der Waals surface area contributed by atoms with Crippen LogP contribution < -0.4 is 11.1 Å². The van der Waals surface area contributed by atoms with E-state index in [0.717, 1.165) is 16.5 Å². The highest BCUT2D eigenvalue weighted by Crippen LogP contribution is 2.29. The second kappa shape index (κ2) is 8.86. The molecule has 0 spiro atoms. The molecule has 1 amide bonds. The van der Waals surface area contributed by atoms with Crippen LogP contribution in [-0.2, 0) is 6.42 Å². The van der Waals surface area contributed by atoms with E-state index in [4.69, 9.17) is 5.73 Å². The molecule has 156 valence electrons. The Morgan fingerprint density at radius 1 is 1.10 bits per heavy atom. The van der Waals surface area contributed by atoms with Crippen molar-refractivity contribution in [2.24, 2.45) is 5.73 Å². The Kier molecular flexibility index (Phi) is 6.01. The van der Waals surface area contributed by atoms with E-state index in [1.54, 1.807) is 25.3 Å². The van der Waals surface area contributed by atoms with Crippen molar-refractivity contribution in [3.05, 3.63) is 59.8 Å². The average Bonchev–Trinajstić information content (AvgIpc) is 2.73. The Bertz CT molecular complexity index is 1270. The van der Waals surface area contributed by atoms with Gasteiger partial charge in [-0.2, -0.15) is 0 Å². The number of carbonyl (C=O) groups excluding carboxylic acids is 1. The standard InChI is InChI=1S/C21H19N7OS2/c1-11-27-20(30)17(21(31)28-11)15-9-16(26-10-25-15)23-7-5-12-3-2-4-13-14(19(22)29)6-8-24-18(12)13/h2-4,6,8-10H,5,7H2,1H3,(H2,22,29)(H,23,25,26)(H2,27,28,30,31). The molecule has 0 saturated heterocycles. The minimum atomic E-state index is -0.469. The average molecular weight is 450 g/mol. The van der Waals surface area contributed by atoms with Crippen molar-refractivity contribution in [2.75, 3.05) is 11.9 Å². The van der Waals surface area contributed by atoms with Crippen molar-refractivity contribution in [3.8, 4) is 11.3 Å². The van der Waals surface area contributed by atoms with Gasteiger partial charge in [-0.1, -0.05) is 18.2 Å². The van der Waals surface area contributed by atoms with Crippen LogP contribution in [0.15, 0.2) is 52.9 Å². The van der Waals surface area contributed by atoms with E-state index in [1.165, 1.54) is 6.33 Å². The van der Waals surface area contributed by atoms with Crippen LogP contribution in [0.3, 0.4) is 0 Å². The van der Waals surface area contributed by atoms with E-state index < -0.39 is 5.91 Å². The summed E-state index contributed by atoms with van der Waals surface area (Å²) in [6, 6.07) is 9.17. The normalized spacial score (nSPS) is 10.9. The third kappa shape index (κ3) is 4.44. The van der Waals surface area contributed by atoms with Gasteiger partial charge in [0, 0.05) is 24.2 Å². The number of fused-ring (bicyclic) bond motifs is 1. The van der Waals surface area contributed by atoms with Crippen LogP contribution in [0.2, 0.25) is 0 Å². The van der Waals surface area contributed by atoms with Gasteiger partial charge in [-0.15, -0.1) is 25.3 Å². The summed E-state index contributed by atoms with van der Waals surface area (Å²) < 4.78 is 0. The molecular formula is C21H19N7OS2. The van der Waals surface area contributed by atoms with Crippen LogP contribution in [0.4, 0.5) is 5.82 Å². The Labute approximate surface area is 189 Å². The Hall–Kier alpha value is -3.24. The number of nitrogens with zero attached hydrogens (tertiary/aromatic N) is 5. The molecule has 0 unspecified atom stereocenters. The van der Waals surface area contributed by atoms with Gasteiger partial charge in [-0.3, -0.25) is 9.78 Å². The van der Waals surface area contributed by atoms with Crippen molar-refractivity contribution in [2.45, 2.75) is 23.4 Å². The van der Waals surface area contributed by atoms with Gasteiger partial charge < -0.3 is 11.1 Å². The summed E-state index contributed by atoms with van der Waals surface area (Å²) in [6.07, 6.45) is 3.75. The molecular weight excluding hydrogens is 430 g/mol. The van der Waals surface area contributed by atoms with Crippen LogP contribution in [0.25, 0.3) is 22.2 Å². The quantitative estimate of drug-likeness (QED) is 0.264. The first-order valence-electron chi connectivity index (χ1n) is 9.43. The van der Waals surface area contributed by atoms with Gasteiger partial charge in [-0.05, 0) is 25.0 Å². The number of aryl methyl sites for hydroxylation is 1. The molecule has 0 atom stereocenters. The summed E-state index contributed by atoms with van der Waals surface area (Å²) in [5.41, 5.74) is 9.00. The number of primary amides is 1. The molecule has 0 fully saturated rings. The number of benzene rings is 1. The van der Waals surface area contributed by atoms with E-state index in [2.05, 4.69) is 55.5 Å². The largest absolute Gasteiger partial charge is 0.370 e. The summed E-state index contributed by atoms with van der Waals surface area (Å²) in [4.78, 5) is 33.3. The number of hydrogen-bond acceptors (Lipinski definition) is 9. The smallest absolute Gasteiger partial charge is 0.249 e. The molecule has 8 nitrogen and oxygen atoms in total. The van der Waals surface area contributed by atoms with E-state index in [-0.39, 0.29) is 0 Å². The third-order valence-electron chi connectivity index (χ3n) is 4.73. The topological polar surface area (TPSA) is 120 Å². The number of amides is 1. The molecule has 3 N–H and O–H groups in total. The molecule has 0 radical (unpaired) electrons. The summed E-state index contributed by atoms with van der Waals surface area (Å²) in [6.45, 7) is 2.38. The number of hydrogen-bond donors (Lipinski definition) is 4. The van der Waals surface area contributed by atoms with E-state index in [0.29, 0.717) is 51.5 Å². The number of nitrogens with one attached hydrogen (secondary N) is 1. The summed E-state index contributed by atoms with van der Waals surface area (Å²) in [5, 5.41) is 5.06. The summed E-state index contributed by atoms with van der Waals surface area (Å²) >= 11 is 8.87. The number of rotatable bonds is 6. The second-order valence-electron chi connectivity index (χ2n) is 6.79. The van der Waals surface area contributed by atoms with Crippen molar-refractivity contribution in [1.29, 1.82) is 0 Å². The van der Waals surface area contributed by atoms with Crippen LogP contribution in [-0.4, -0.2) is 37.4 Å². The predicted molar refractivity (Wildman–Crippen MR) is 125 cm³/mol. The SMILES string of the molecule is Cc1nc(S)c(-c2cc(NCCc3cccc4c(C(N)=O)ccnc34)ncn2)c(S)n1. The molecule has 31 heavy (non-hydrogen) atoms. The maximum absolute atomic E-state index is 11.7. The molecule has 10 heteroatoms.